The third-order valence-electron chi connectivity index (χ3n) is 6.68. The molecule has 5 rings (SSSR count). The Morgan fingerprint density at radius 3 is 2.75 bits per heavy atom. The number of aromatic nitrogens is 3. The number of carbonyl (C=O) groups is 1. The smallest absolute Gasteiger partial charge is 0.254 e. The Labute approximate surface area is 193 Å². The molecule has 4 heterocycles. The van der Waals surface area contributed by atoms with Crippen molar-refractivity contribution in [3.63, 3.8) is 0 Å². The van der Waals surface area contributed by atoms with E-state index in [-0.39, 0.29) is 18.0 Å². The van der Waals surface area contributed by atoms with E-state index in [1.54, 1.807) is 6.07 Å². The van der Waals surface area contributed by atoms with Crippen LogP contribution in [-0.4, -0.2) is 51.1 Å². The normalized spacial score (nSPS) is 21.5. The number of carbonyl (C=O) groups excluding carboxylic acids is 1. The summed E-state index contributed by atoms with van der Waals surface area (Å²) in [7, 11) is 0. The summed E-state index contributed by atoms with van der Waals surface area (Å²) >= 11 is 6.19. The van der Waals surface area contributed by atoms with Crippen molar-refractivity contribution in [3.05, 3.63) is 57.9 Å². The molecular weight excluding hydrogens is 424 g/mol. The molecule has 1 aromatic carbocycles. The number of benzene rings is 1. The summed E-state index contributed by atoms with van der Waals surface area (Å²) in [5.74, 6) is 0.991. The van der Waals surface area contributed by atoms with Crippen LogP contribution >= 0.6 is 11.6 Å². The number of rotatable bonds is 3. The highest BCUT2D eigenvalue weighted by Gasteiger charge is 2.32. The number of aryl methyl sites for hydroxylation is 2. The lowest BCUT2D eigenvalue weighted by atomic mass is 9.97. The van der Waals surface area contributed by atoms with E-state index in [9.17, 15) is 4.79 Å². The van der Waals surface area contributed by atoms with Crippen molar-refractivity contribution in [2.24, 2.45) is 5.73 Å². The van der Waals surface area contributed by atoms with Crippen LogP contribution in [-0.2, 0) is 0 Å². The molecule has 168 valence electrons. The van der Waals surface area contributed by atoms with E-state index in [0.29, 0.717) is 17.1 Å². The maximum atomic E-state index is 13.5. The molecule has 2 fully saturated rings. The second kappa shape index (κ2) is 8.37. The topological polar surface area (TPSA) is 79.8 Å². The molecule has 0 saturated carbocycles. The minimum atomic E-state index is -0.0692. The molecular formula is C24H29ClN6O. The second-order valence-electron chi connectivity index (χ2n) is 9.08. The van der Waals surface area contributed by atoms with E-state index in [1.807, 2.05) is 40.7 Å². The maximum absolute atomic E-state index is 13.5. The van der Waals surface area contributed by atoms with Crippen LogP contribution in [0.3, 0.4) is 0 Å². The van der Waals surface area contributed by atoms with Crippen molar-refractivity contribution < 1.29 is 4.79 Å². The number of fused-ring (bicyclic) bond motifs is 1. The number of likely N-dealkylation sites (tertiary alicyclic amines) is 1. The zero-order valence-corrected chi connectivity index (χ0v) is 19.3. The van der Waals surface area contributed by atoms with Gasteiger partial charge in [-0.2, -0.15) is 5.10 Å². The summed E-state index contributed by atoms with van der Waals surface area (Å²) in [5, 5.41) is 5.42. The molecule has 0 aliphatic carbocycles. The lowest BCUT2D eigenvalue weighted by Gasteiger charge is -2.35. The first-order valence-corrected chi connectivity index (χ1v) is 11.7. The summed E-state index contributed by atoms with van der Waals surface area (Å²) in [6.45, 7) is 6.48. The third-order valence-corrected chi connectivity index (χ3v) is 6.92. The molecule has 2 N–H and O–H groups in total. The molecule has 0 radical (unpaired) electrons. The van der Waals surface area contributed by atoms with Crippen molar-refractivity contribution in [2.75, 3.05) is 24.5 Å². The minimum Gasteiger partial charge on any atom is -0.355 e. The number of halogens is 1. The van der Waals surface area contributed by atoms with Crippen LogP contribution < -0.4 is 10.6 Å². The average molecular weight is 453 g/mol. The summed E-state index contributed by atoms with van der Waals surface area (Å²) in [4.78, 5) is 22.6. The standard InChI is InChI=1S/C24H29ClN6O/c1-15-6-7-17(25)11-19(15)24(32)30-9-4-3-5-21(30)20-12-22-27-23(16(2)13-31(22)28-20)29-10-8-18(26)14-29/h6-7,11-13,18,21H,3-5,8-10,14,26H2,1-2H3. The number of hydrogen-bond acceptors (Lipinski definition) is 5. The summed E-state index contributed by atoms with van der Waals surface area (Å²) in [6, 6.07) is 7.65. The Morgan fingerprint density at radius 1 is 1.12 bits per heavy atom. The van der Waals surface area contributed by atoms with E-state index >= 15 is 0 Å². The van der Waals surface area contributed by atoms with Crippen LogP contribution in [0, 0.1) is 13.8 Å². The van der Waals surface area contributed by atoms with E-state index < -0.39 is 0 Å². The molecule has 2 aromatic heterocycles. The highest BCUT2D eigenvalue weighted by molar-refractivity contribution is 6.31. The molecule has 2 atom stereocenters. The van der Waals surface area contributed by atoms with Gasteiger partial charge in [0.15, 0.2) is 5.65 Å². The third kappa shape index (κ3) is 3.84. The zero-order chi connectivity index (χ0) is 22.4. The van der Waals surface area contributed by atoms with Crippen molar-refractivity contribution in [2.45, 2.75) is 51.6 Å². The van der Waals surface area contributed by atoms with Crippen LogP contribution in [0.25, 0.3) is 5.65 Å². The first kappa shape index (κ1) is 21.2. The minimum absolute atomic E-state index is 0.0163. The van der Waals surface area contributed by atoms with Gasteiger partial charge in [-0.05, 0) is 57.2 Å². The molecule has 2 unspecified atom stereocenters. The first-order valence-electron chi connectivity index (χ1n) is 11.4. The van der Waals surface area contributed by atoms with Gasteiger partial charge in [0.05, 0.1) is 11.7 Å². The van der Waals surface area contributed by atoms with E-state index in [4.69, 9.17) is 27.4 Å². The Kier molecular flexibility index (Phi) is 5.55. The van der Waals surface area contributed by atoms with Gasteiger partial charge in [0.1, 0.15) is 5.82 Å². The van der Waals surface area contributed by atoms with E-state index in [0.717, 1.165) is 67.1 Å². The number of nitrogens with zero attached hydrogens (tertiary/aromatic N) is 5. The van der Waals surface area contributed by atoms with Gasteiger partial charge in [-0.15, -0.1) is 0 Å². The molecule has 2 aliphatic heterocycles. The van der Waals surface area contributed by atoms with Crippen molar-refractivity contribution in [3.8, 4) is 0 Å². The van der Waals surface area contributed by atoms with Gasteiger partial charge in [0.25, 0.3) is 5.91 Å². The zero-order valence-electron chi connectivity index (χ0n) is 18.6. The number of piperidine rings is 1. The lowest BCUT2D eigenvalue weighted by molar-refractivity contribution is 0.0605. The fraction of sp³-hybridized carbons (Fsp3) is 0.458. The number of hydrogen-bond donors (Lipinski definition) is 1. The first-order chi connectivity index (χ1) is 15.4. The van der Waals surface area contributed by atoms with Gasteiger partial charge in [0.2, 0.25) is 0 Å². The predicted octanol–water partition coefficient (Wildman–Crippen LogP) is 3.90. The molecule has 7 nitrogen and oxygen atoms in total. The van der Waals surface area contributed by atoms with Crippen molar-refractivity contribution >= 4 is 29.0 Å². The Morgan fingerprint density at radius 2 is 1.97 bits per heavy atom. The average Bonchev–Trinajstić information content (AvgIpc) is 3.40. The van der Waals surface area contributed by atoms with Crippen LogP contribution in [0.5, 0.6) is 0 Å². The molecule has 0 spiro atoms. The molecule has 1 amide bonds. The van der Waals surface area contributed by atoms with Crippen LogP contribution in [0.2, 0.25) is 5.02 Å². The molecule has 32 heavy (non-hydrogen) atoms. The number of anilines is 1. The van der Waals surface area contributed by atoms with Gasteiger partial charge in [-0.1, -0.05) is 17.7 Å². The SMILES string of the molecule is Cc1ccc(Cl)cc1C(=O)N1CCCCC1c1cc2nc(N3CCC(N)C3)c(C)cn2n1. The number of nitrogens with two attached hydrogens (primary N) is 1. The van der Waals surface area contributed by atoms with Gasteiger partial charge < -0.3 is 15.5 Å². The largest absolute Gasteiger partial charge is 0.355 e. The van der Waals surface area contributed by atoms with E-state index in [2.05, 4.69) is 11.8 Å². The van der Waals surface area contributed by atoms with E-state index in [1.165, 1.54) is 0 Å². The Hall–Kier alpha value is -2.64. The summed E-state index contributed by atoms with van der Waals surface area (Å²) in [5.41, 5.74) is 10.5. The predicted molar refractivity (Wildman–Crippen MR) is 126 cm³/mol. The fourth-order valence-corrected chi connectivity index (χ4v) is 5.12. The maximum Gasteiger partial charge on any atom is 0.254 e. The molecule has 2 saturated heterocycles. The number of amides is 1. The van der Waals surface area contributed by atoms with Crippen LogP contribution in [0.1, 0.15) is 58.9 Å². The van der Waals surface area contributed by atoms with Gasteiger partial charge in [-0.25, -0.2) is 9.50 Å². The molecule has 0 bridgehead atoms. The Balaban J connectivity index is 1.48. The summed E-state index contributed by atoms with van der Waals surface area (Å²) in [6.07, 6.45) is 5.97. The molecule has 8 heteroatoms. The summed E-state index contributed by atoms with van der Waals surface area (Å²) < 4.78 is 1.84. The van der Waals surface area contributed by atoms with Crippen LogP contribution in [0.4, 0.5) is 5.82 Å². The Bertz CT molecular complexity index is 1170. The van der Waals surface area contributed by atoms with Gasteiger partial charge in [-0.3, -0.25) is 4.79 Å². The second-order valence-corrected chi connectivity index (χ2v) is 9.52. The lowest BCUT2D eigenvalue weighted by Crippen LogP contribution is -2.39. The quantitative estimate of drug-likeness (QED) is 0.651. The fourth-order valence-electron chi connectivity index (χ4n) is 4.94. The molecule has 2 aliphatic rings. The highest BCUT2D eigenvalue weighted by atomic mass is 35.5. The van der Waals surface area contributed by atoms with Crippen molar-refractivity contribution in [1.82, 2.24) is 19.5 Å². The van der Waals surface area contributed by atoms with Crippen molar-refractivity contribution in [1.29, 1.82) is 0 Å². The van der Waals surface area contributed by atoms with Gasteiger partial charge >= 0.3 is 0 Å². The van der Waals surface area contributed by atoms with Gasteiger partial charge in [0, 0.05) is 54.1 Å². The molecule has 3 aromatic rings. The van der Waals surface area contributed by atoms with Crippen LogP contribution in [0.15, 0.2) is 30.5 Å². The monoisotopic (exact) mass is 452 g/mol. The highest BCUT2D eigenvalue weighted by Crippen LogP contribution is 2.33.